The van der Waals surface area contributed by atoms with Crippen molar-refractivity contribution >= 4 is 0 Å². The number of benzene rings is 1. The van der Waals surface area contributed by atoms with Gasteiger partial charge >= 0.3 is 0 Å². The van der Waals surface area contributed by atoms with Gasteiger partial charge in [0.15, 0.2) is 0 Å². The van der Waals surface area contributed by atoms with E-state index < -0.39 is 0 Å². The topological polar surface area (TPSA) is 41.5 Å². The van der Waals surface area contributed by atoms with Crippen LogP contribution in [0, 0.1) is 0 Å². The van der Waals surface area contributed by atoms with Gasteiger partial charge in [0.1, 0.15) is 5.75 Å². The Hall–Kier alpha value is -1.06. The lowest BCUT2D eigenvalue weighted by Crippen LogP contribution is -2.36. The normalized spacial score (nSPS) is 26.7. The number of rotatable bonds is 3. The van der Waals surface area contributed by atoms with Crippen LogP contribution in [0.25, 0.3) is 0 Å². The Kier molecular flexibility index (Phi) is 3.46. The minimum absolute atomic E-state index is 0.174. The molecule has 3 nitrogen and oxygen atoms in total. The fourth-order valence-corrected chi connectivity index (χ4v) is 2.46. The van der Waals surface area contributed by atoms with Gasteiger partial charge in [-0.2, -0.15) is 0 Å². The molecule has 1 aromatic carbocycles. The van der Waals surface area contributed by atoms with E-state index in [0.29, 0.717) is 5.92 Å². The molecule has 0 spiro atoms. The first-order valence-corrected chi connectivity index (χ1v) is 5.78. The first-order chi connectivity index (χ1) is 7.72. The Morgan fingerprint density at radius 1 is 1.38 bits per heavy atom. The lowest BCUT2D eigenvalue weighted by atomic mass is 9.89. The van der Waals surface area contributed by atoms with Gasteiger partial charge in [0.25, 0.3) is 0 Å². The average Bonchev–Trinajstić information content (AvgIpc) is 2.78. The van der Waals surface area contributed by atoms with Crippen molar-refractivity contribution in [3.8, 4) is 5.75 Å². The fraction of sp³-hybridized carbons (Fsp3) is 0.538. The van der Waals surface area contributed by atoms with Crippen molar-refractivity contribution in [2.75, 3.05) is 13.7 Å². The van der Waals surface area contributed by atoms with Gasteiger partial charge in [0.2, 0.25) is 0 Å². The molecule has 0 aliphatic carbocycles. The summed E-state index contributed by atoms with van der Waals surface area (Å²) in [6.07, 6.45) is 0.775. The summed E-state index contributed by atoms with van der Waals surface area (Å²) >= 11 is 0. The molecule has 3 heteroatoms. The van der Waals surface area contributed by atoms with E-state index in [9.17, 15) is 5.11 Å². The maximum Gasteiger partial charge on any atom is 0.118 e. The molecule has 0 radical (unpaired) electrons. The molecule has 16 heavy (non-hydrogen) atoms. The van der Waals surface area contributed by atoms with E-state index in [1.54, 1.807) is 7.11 Å². The van der Waals surface area contributed by atoms with Crippen LogP contribution in [0.3, 0.4) is 0 Å². The number of ether oxygens (including phenoxy) is 1. The molecule has 0 unspecified atom stereocenters. The van der Waals surface area contributed by atoms with Crippen LogP contribution in [0.2, 0.25) is 0 Å². The number of nitrogens with one attached hydrogen (secondary N) is 1. The second-order valence-electron chi connectivity index (χ2n) is 4.39. The SMILES string of the molecule is COc1ccc([C@H]2CCN[C@@H]2[C@H](C)O)cc1. The van der Waals surface area contributed by atoms with Gasteiger partial charge in [-0.3, -0.25) is 0 Å². The monoisotopic (exact) mass is 221 g/mol. The van der Waals surface area contributed by atoms with Gasteiger partial charge in [-0.05, 0) is 37.6 Å². The van der Waals surface area contributed by atoms with Gasteiger partial charge in [0.05, 0.1) is 13.2 Å². The zero-order valence-electron chi connectivity index (χ0n) is 9.81. The van der Waals surface area contributed by atoms with Gasteiger partial charge in [-0.1, -0.05) is 12.1 Å². The van der Waals surface area contributed by atoms with E-state index in [1.165, 1.54) is 5.56 Å². The highest BCUT2D eigenvalue weighted by Gasteiger charge is 2.31. The summed E-state index contributed by atoms with van der Waals surface area (Å²) in [6, 6.07) is 8.31. The number of hydrogen-bond acceptors (Lipinski definition) is 3. The lowest BCUT2D eigenvalue weighted by molar-refractivity contribution is 0.147. The zero-order valence-corrected chi connectivity index (χ0v) is 9.81. The molecule has 0 saturated carbocycles. The third kappa shape index (κ3) is 2.20. The van der Waals surface area contributed by atoms with Crippen molar-refractivity contribution in [1.82, 2.24) is 5.32 Å². The van der Waals surface area contributed by atoms with E-state index >= 15 is 0 Å². The molecule has 1 heterocycles. The Labute approximate surface area is 96.4 Å². The number of aliphatic hydroxyl groups excluding tert-OH is 1. The Morgan fingerprint density at radius 2 is 2.06 bits per heavy atom. The fourth-order valence-electron chi connectivity index (χ4n) is 2.46. The van der Waals surface area contributed by atoms with Gasteiger partial charge in [0, 0.05) is 12.0 Å². The zero-order chi connectivity index (χ0) is 11.5. The number of aliphatic hydroxyl groups is 1. The van der Waals surface area contributed by atoms with Crippen molar-refractivity contribution in [2.24, 2.45) is 0 Å². The Balaban J connectivity index is 2.16. The molecule has 1 fully saturated rings. The molecule has 0 amide bonds. The summed E-state index contributed by atoms with van der Waals surface area (Å²) in [4.78, 5) is 0. The maximum absolute atomic E-state index is 9.70. The van der Waals surface area contributed by atoms with Crippen LogP contribution in [-0.2, 0) is 0 Å². The molecule has 0 aromatic heterocycles. The minimum atomic E-state index is -0.311. The molecule has 0 bridgehead atoms. The maximum atomic E-state index is 9.70. The van der Waals surface area contributed by atoms with Gasteiger partial charge in [-0.15, -0.1) is 0 Å². The molecule has 3 atom stereocenters. The van der Waals surface area contributed by atoms with E-state index in [2.05, 4.69) is 17.4 Å². The quantitative estimate of drug-likeness (QED) is 0.813. The molecule has 88 valence electrons. The summed E-state index contributed by atoms with van der Waals surface area (Å²) in [5, 5.41) is 13.0. The smallest absolute Gasteiger partial charge is 0.118 e. The van der Waals surface area contributed by atoms with E-state index in [4.69, 9.17) is 4.74 Å². The van der Waals surface area contributed by atoms with Crippen molar-refractivity contribution < 1.29 is 9.84 Å². The lowest BCUT2D eigenvalue weighted by Gasteiger charge is -2.22. The number of hydrogen-bond donors (Lipinski definition) is 2. The van der Waals surface area contributed by atoms with Crippen LogP contribution in [0.15, 0.2) is 24.3 Å². The van der Waals surface area contributed by atoms with Crippen LogP contribution in [0.1, 0.15) is 24.8 Å². The molecule has 2 N–H and O–H groups in total. The van der Waals surface area contributed by atoms with Crippen LogP contribution >= 0.6 is 0 Å². The highest BCUT2D eigenvalue weighted by molar-refractivity contribution is 5.31. The van der Waals surface area contributed by atoms with E-state index in [1.807, 2.05) is 19.1 Å². The molecule has 1 aliphatic heterocycles. The van der Waals surface area contributed by atoms with Crippen molar-refractivity contribution in [3.05, 3.63) is 29.8 Å². The molecule has 2 rings (SSSR count). The van der Waals surface area contributed by atoms with Crippen LogP contribution in [-0.4, -0.2) is 30.9 Å². The molecular formula is C13H19NO2. The second-order valence-corrected chi connectivity index (χ2v) is 4.39. The van der Waals surface area contributed by atoms with Crippen molar-refractivity contribution in [1.29, 1.82) is 0 Å². The van der Waals surface area contributed by atoms with Crippen molar-refractivity contribution in [2.45, 2.75) is 31.4 Å². The first-order valence-electron chi connectivity index (χ1n) is 5.78. The van der Waals surface area contributed by atoms with Gasteiger partial charge < -0.3 is 15.2 Å². The largest absolute Gasteiger partial charge is 0.497 e. The second kappa shape index (κ2) is 4.85. The minimum Gasteiger partial charge on any atom is -0.497 e. The summed E-state index contributed by atoms with van der Waals surface area (Å²) in [6.45, 7) is 2.83. The average molecular weight is 221 g/mol. The molecular weight excluding hydrogens is 202 g/mol. The number of methoxy groups -OCH3 is 1. The van der Waals surface area contributed by atoms with Crippen LogP contribution in [0.5, 0.6) is 5.75 Å². The van der Waals surface area contributed by atoms with Gasteiger partial charge in [-0.25, -0.2) is 0 Å². The summed E-state index contributed by atoms with van der Waals surface area (Å²) in [7, 11) is 1.67. The highest BCUT2D eigenvalue weighted by Crippen LogP contribution is 2.30. The van der Waals surface area contributed by atoms with Crippen molar-refractivity contribution in [3.63, 3.8) is 0 Å². The third-order valence-corrected chi connectivity index (χ3v) is 3.33. The molecule has 1 aromatic rings. The van der Waals surface area contributed by atoms with E-state index in [-0.39, 0.29) is 12.1 Å². The Morgan fingerprint density at radius 3 is 2.62 bits per heavy atom. The summed E-state index contributed by atoms with van der Waals surface area (Å²) in [5.41, 5.74) is 1.27. The standard InChI is InChI=1S/C13H19NO2/c1-9(15)13-12(7-8-14-13)10-3-5-11(16-2)6-4-10/h3-6,9,12-15H,7-8H2,1-2H3/t9-,12+,13+/m0/s1. The Bertz CT molecular complexity index is 334. The molecule has 1 saturated heterocycles. The highest BCUT2D eigenvalue weighted by atomic mass is 16.5. The van der Waals surface area contributed by atoms with E-state index in [0.717, 1.165) is 18.7 Å². The third-order valence-electron chi connectivity index (χ3n) is 3.33. The summed E-state index contributed by atoms with van der Waals surface area (Å²) in [5.74, 6) is 1.29. The van der Waals surface area contributed by atoms with Crippen LogP contribution < -0.4 is 10.1 Å². The summed E-state index contributed by atoms with van der Waals surface area (Å²) < 4.78 is 5.14. The molecule has 1 aliphatic rings. The predicted octanol–water partition coefficient (Wildman–Crippen LogP) is 1.52. The van der Waals surface area contributed by atoms with Crippen LogP contribution in [0.4, 0.5) is 0 Å². The predicted molar refractivity (Wildman–Crippen MR) is 63.8 cm³/mol. The first kappa shape index (κ1) is 11.4.